The Balaban J connectivity index is 1.55. The molecule has 0 spiro atoms. The average Bonchev–Trinajstić information content (AvgIpc) is 3.04. The van der Waals surface area contributed by atoms with Crippen LogP contribution in [-0.2, 0) is 11.3 Å². The van der Waals surface area contributed by atoms with Crippen LogP contribution in [0.25, 0.3) is 0 Å². The molecule has 1 unspecified atom stereocenters. The second kappa shape index (κ2) is 6.10. The van der Waals surface area contributed by atoms with Crippen LogP contribution in [-0.4, -0.2) is 35.8 Å². The van der Waals surface area contributed by atoms with Gasteiger partial charge >= 0.3 is 0 Å². The zero-order chi connectivity index (χ0) is 14.8. The summed E-state index contributed by atoms with van der Waals surface area (Å²) >= 11 is 0. The predicted octanol–water partition coefficient (Wildman–Crippen LogP) is 2.20. The highest BCUT2D eigenvalue weighted by molar-refractivity contribution is 5.38. The summed E-state index contributed by atoms with van der Waals surface area (Å²) in [6, 6.07) is 8.43. The molecule has 2 aliphatic heterocycles. The van der Waals surface area contributed by atoms with Crippen molar-refractivity contribution in [2.75, 3.05) is 19.8 Å². The Morgan fingerprint density at radius 2 is 2.14 bits per heavy atom. The topological polar surface area (TPSA) is 59.2 Å². The molecule has 1 atom stereocenters. The first-order chi connectivity index (χ1) is 10.9. The lowest BCUT2D eigenvalue weighted by Gasteiger charge is -2.25. The molecule has 4 rings (SSSR count). The number of hydrogen-bond acceptors (Lipinski definition) is 4. The summed E-state index contributed by atoms with van der Waals surface area (Å²) in [6.07, 6.45) is 4.00. The van der Waals surface area contributed by atoms with Gasteiger partial charge in [0.2, 0.25) is 0 Å². The number of H-pyrrole nitrogens is 1. The van der Waals surface area contributed by atoms with E-state index < -0.39 is 0 Å². The van der Waals surface area contributed by atoms with Crippen molar-refractivity contribution in [3.63, 3.8) is 0 Å². The molecule has 3 heterocycles. The van der Waals surface area contributed by atoms with Crippen molar-refractivity contribution >= 4 is 0 Å². The van der Waals surface area contributed by atoms with E-state index in [1.165, 1.54) is 11.3 Å². The third-order valence-electron chi connectivity index (χ3n) is 4.46. The van der Waals surface area contributed by atoms with Crippen LogP contribution in [0.5, 0.6) is 5.75 Å². The maximum absolute atomic E-state index is 6.13. The number of ether oxygens (including phenoxy) is 2. The number of aromatic nitrogens is 2. The summed E-state index contributed by atoms with van der Waals surface area (Å²) in [4.78, 5) is 7.73. The minimum Gasteiger partial charge on any atom is -0.490 e. The number of imidazole rings is 1. The fourth-order valence-electron chi connectivity index (χ4n) is 3.28. The summed E-state index contributed by atoms with van der Waals surface area (Å²) in [5.41, 5.74) is 3.60. The van der Waals surface area contributed by atoms with Gasteiger partial charge in [-0.15, -0.1) is 0 Å². The van der Waals surface area contributed by atoms with Crippen molar-refractivity contribution in [1.82, 2.24) is 15.3 Å². The van der Waals surface area contributed by atoms with Crippen LogP contribution >= 0.6 is 0 Å². The van der Waals surface area contributed by atoms with Crippen LogP contribution in [0.4, 0.5) is 0 Å². The molecule has 0 bridgehead atoms. The van der Waals surface area contributed by atoms with Gasteiger partial charge in [0.15, 0.2) is 0 Å². The lowest BCUT2D eigenvalue weighted by molar-refractivity contribution is 0.0255. The number of hydrogen-bond donors (Lipinski definition) is 2. The van der Waals surface area contributed by atoms with Crippen LogP contribution in [0.15, 0.2) is 30.6 Å². The Labute approximate surface area is 130 Å². The smallest absolute Gasteiger partial charge is 0.120 e. The quantitative estimate of drug-likeness (QED) is 0.912. The van der Waals surface area contributed by atoms with E-state index in [1.807, 2.05) is 6.07 Å². The van der Waals surface area contributed by atoms with Crippen molar-refractivity contribution in [3.8, 4) is 5.75 Å². The first kappa shape index (κ1) is 13.8. The van der Waals surface area contributed by atoms with E-state index in [9.17, 15) is 0 Å². The third kappa shape index (κ3) is 2.74. The Kier molecular flexibility index (Phi) is 3.83. The molecule has 22 heavy (non-hydrogen) atoms. The van der Waals surface area contributed by atoms with Crippen LogP contribution in [0.2, 0.25) is 0 Å². The fourth-order valence-corrected chi connectivity index (χ4v) is 3.28. The Morgan fingerprint density at radius 1 is 1.23 bits per heavy atom. The van der Waals surface area contributed by atoms with E-state index in [0.29, 0.717) is 0 Å². The Bertz CT molecular complexity index is 634. The van der Waals surface area contributed by atoms with E-state index in [1.54, 1.807) is 6.33 Å². The molecular formula is C17H21N3O2. The van der Waals surface area contributed by atoms with Gasteiger partial charge in [-0.1, -0.05) is 12.1 Å². The molecule has 116 valence electrons. The summed E-state index contributed by atoms with van der Waals surface area (Å²) < 4.78 is 11.5. The molecule has 2 aliphatic rings. The largest absolute Gasteiger partial charge is 0.490 e. The molecule has 1 aromatic carbocycles. The number of rotatable bonds is 3. The molecule has 0 amide bonds. The van der Waals surface area contributed by atoms with E-state index in [-0.39, 0.29) is 12.0 Å². The zero-order valence-electron chi connectivity index (χ0n) is 12.5. The number of fused-ring (bicyclic) bond motifs is 1. The van der Waals surface area contributed by atoms with Crippen LogP contribution in [0, 0.1) is 0 Å². The van der Waals surface area contributed by atoms with E-state index in [0.717, 1.165) is 50.6 Å². The maximum Gasteiger partial charge on any atom is 0.120 e. The van der Waals surface area contributed by atoms with Crippen molar-refractivity contribution in [3.05, 3.63) is 47.5 Å². The minimum absolute atomic E-state index is 0.273. The fraction of sp³-hybridized carbons (Fsp3) is 0.471. The van der Waals surface area contributed by atoms with E-state index in [2.05, 4.69) is 33.5 Å². The highest BCUT2D eigenvalue weighted by Crippen LogP contribution is 2.30. The highest BCUT2D eigenvalue weighted by Gasteiger charge is 2.24. The SMILES string of the molecule is c1cc(OC2CCOCC2)cc(C2CNCc3[nH]cnc32)c1. The van der Waals surface area contributed by atoms with Crippen molar-refractivity contribution < 1.29 is 9.47 Å². The van der Waals surface area contributed by atoms with Crippen molar-refractivity contribution in [1.29, 1.82) is 0 Å². The monoisotopic (exact) mass is 299 g/mol. The molecule has 1 aromatic heterocycles. The molecule has 0 saturated carbocycles. The molecule has 5 heteroatoms. The molecule has 0 aliphatic carbocycles. The third-order valence-corrected chi connectivity index (χ3v) is 4.46. The van der Waals surface area contributed by atoms with Crippen molar-refractivity contribution in [2.24, 2.45) is 0 Å². The minimum atomic E-state index is 0.273. The van der Waals surface area contributed by atoms with Gasteiger partial charge in [-0.3, -0.25) is 0 Å². The van der Waals surface area contributed by atoms with Gasteiger partial charge in [0.1, 0.15) is 11.9 Å². The predicted molar refractivity (Wildman–Crippen MR) is 83.0 cm³/mol. The molecule has 0 radical (unpaired) electrons. The zero-order valence-corrected chi connectivity index (χ0v) is 12.5. The van der Waals surface area contributed by atoms with Crippen LogP contribution in [0.1, 0.15) is 35.7 Å². The summed E-state index contributed by atoms with van der Waals surface area (Å²) in [5.74, 6) is 1.24. The lowest BCUT2D eigenvalue weighted by atomic mass is 9.92. The van der Waals surface area contributed by atoms with Crippen molar-refractivity contribution in [2.45, 2.75) is 31.4 Å². The maximum atomic E-state index is 6.13. The Hall–Kier alpha value is -1.85. The van der Waals surface area contributed by atoms with Gasteiger partial charge in [0, 0.05) is 31.8 Å². The lowest BCUT2D eigenvalue weighted by Crippen LogP contribution is -2.29. The van der Waals surface area contributed by atoms with Gasteiger partial charge < -0.3 is 19.8 Å². The molecule has 1 saturated heterocycles. The molecule has 2 N–H and O–H groups in total. The molecule has 1 fully saturated rings. The molecular weight excluding hydrogens is 278 g/mol. The van der Waals surface area contributed by atoms with Crippen LogP contribution < -0.4 is 10.1 Å². The number of nitrogens with zero attached hydrogens (tertiary/aromatic N) is 1. The van der Waals surface area contributed by atoms with E-state index in [4.69, 9.17) is 9.47 Å². The van der Waals surface area contributed by atoms with Gasteiger partial charge in [-0.2, -0.15) is 0 Å². The molecule has 2 aromatic rings. The van der Waals surface area contributed by atoms with Gasteiger partial charge in [0.05, 0.1) is 30.9 Å². The first-order valence-electron chi connectivity index (χ1n) is 7.97. The van der Waals surface area contributed by atoms with Gasteiger partial charge in [0.25, 0.3) is 0 Å². The summed E-state index contributed by atoms with van der Waals surface area (Å²) in [7, 11) is 0. The number of aromatic amines is 1. The summed E-state index contributed by atoms with van der Waals surface area (Å²) in [5, 5.41) is 3.45. The molecule has 5 nitrogen and oxygen atoms in total. The standard InChI is InChI=1S/C17H21N3O2/c1-2-12(15-9-18-10-16-17(15)20-11-19-16)8-14(3-1)22-13-4-6-21-7-5-13/h1-3,8,11,13,15,18H,4-7,9-10H2,(H,19,20). The number of nitrogens with one attached hydrogen (secondary N) is 2. The summed E-state index contributed by atoms with van der Waals surface area (Å²) in [6.45, 7) is 3.38. The normalized spacial score (nSPS) is 22.3. The number of benzene rings is 1. The van der Waals surface area contributed by atoms with Gasteiger partial charge in [-0.05, 0) is 17.7 Å². The average molecular weight is 299 g/mol. The second-order valence-electron chi connectivity index (χ2n) is 5.95. The van der Waals surface area contributed by atoms with Gasteiger partial charge in [-0.25, -0.2) is 4.98 Å². The van der Waals surface area contributed by atoms with Crippen LogP contribution in [0.3, 0.4) is 0 Å². The first-order valence-corrected chi connectivity index (χ1v) is 7.97. The second-order valence-corrected chi connectivity index (χ2v) is 5.95. The van der Waals surface area contributed by atoms with E-state index >= 15 is 0 Å². The Morgan fingerprint density at radius 3 is 3.05 bits per heavy atom. The highest BCUT2D eigenvalue weighted by atomic mass is 16.5.